The molecule has 1 saturated carbocycles. The van der Waals surface area contributed by atoms with E-state index in [0.29, 0.717) is 11.3 Å². The fourth-order valence-corrected chi connectivity index (χ4v) is 3.23. The van der Waals surface area contributed by atoms with Crippen molar-refractivity contribution in [2.24, 2.45) is 11.7 Å². The van der Waals surface area contributed by atoms with Crippen LogP contribution >= 0.6 is 15.9 Å². The fraction of sp³-hybridized carbons (Fsp3) is 0.571. The Morgan fingerprint density at radius 3 is 2.58 bits per heavy atom. The molecule has 2 atom stereocenters. The summed E-state index contributed by atoms with van der Waals surface area (Å²) in [5.74, 6) is 0.591. The van der Waals surface area contributed by atoms with Crippen LogP contribution < -0.4 is 10.5 Å². The van der Waals surface area contributed by atoms with Crippen molar-refractivity contribution in [1.29, 1.82) is 0 Å². The van der Waals surface area contributed by atoms with Gasteiger partial charge in [-0.15, -0.1) is 0 Å². The van der Waals surface area contributed by atoms with Crippen LogP contribution in [0.1, 0.15) is 37.3 Å². The van der Waals surface area contributed by atoms with Crippen molar-refractivity contribution < 1.29 is 14.9 Å². The van der Waals surface area contributed by atoms with Crippen LogP contribution in [0, 0.1) is 5.92 Å². The van der Waals surface area contributed by atoms with Crippen molar-refractivity contribution in [3.8, 4) is 11.5 Å². The van der Waals surface area contributed by atoms with Gasteiger partial charge in [-0.05, 0) is 30.9 Å². The van der Waals surface area contributed by atoms with Crippen LogP contribution in [0.4, 0.5) is 0 Å². The molecule has 0 aliphatic heterocycles. The summed E-state index contributed by atoms with van der Waals surface area (Å²) < 4.78 is 5.87. The number of halogens is 1. The molecule has 1 aromatic rings. The maximum absolute atomic E-state index is 10.4. The highest BCUT2D eigenvalue weighted by Crippen LogP contribution is 2.40. The number of aromatic hydroxyl groups is 1. The monoisotopic (exact) mass is 329 g/mol. The molecule has 0 unspecified atom stereocenters. The second-order valence-electron chi connectivity index (χ2n) is 5.11. The molecule has 0 amide bonds. The first-order valence-electron chi connectivity index (χ1n) is 6.54. The topological polar surface area (TPSA) is 75.7 Å². The fourth-order valence-electron chi connectivity index (χ4n) is 2.78. The van der Waals surface area contributed by atoms with Crippen LogP contribution in [0.2, 0.25) is 0 Å². The Morgan fingerprint density at radius 2 is 2.00 bits per heavy atom. The average molecular weight is 330 g/mol. The van der Waals surface area contributed by atoms with Crippen LogP contribution in [-0.2, 0) is 0 Å². The van der Waals surface area contributed by atoms with Gasteiger partial charge in [0.15, 0.2) is 11.5 Å². The molecule has 0 spiro atoms. The van der Waals surface area contributed by atoms with Gasteiger partial charge < -0.3 is 20.7 Å². The van der Waals surface area contributed by atoms with Crippen LogP contribution in [0.5, 0.6) is 11.5 Å². The molecule has 106 valence electrons. The molecule has 1 fully saturated rings. The lowest BCUT2D eigenvalue weighted by Crippen LogP contribution is -2.32. The number of nitrogens with two attached hydrogens (primary N) is 1. The first-order chi connectivity index (χ1) is 9.04. The highest BCUT2D eigenvalue weighted by molar-refractivity contribution is 9.10. The third kappa shape index (κ3) is 3.04. The lowest BCUT2D eigenvalue weighted by atomic mass is 9.90. The number of hydrogen-bond donors (Lipinski definition) is 3. The Labute approximate surface area is 121 Å². The molecular formula is C14H20BrNO3. The van der Waals surface area contributed by atoms with E-state index < -0.39 is 12.1 Å². The van der Waals surface area contributed by atoms with E-state index in [4.69, 9.17) is 10.5 Å². The van der Waals surface area contributed by atoms with Crippen molar-refractivity contribution in [2.75, 3.05) is 7.11 Å². The largest absolute Gasteiger partial charge is 0.504 e. The summed E-state index contributed by atoms with van der Waals surface area (Å²) in [6.45, 7) is 0. The second-order valence-corrected chi connectivity index (χ2v) is 6.02. The van der Waals surface area contributed by atoms with E-state index in [2.05, 4.69) is 15.9 Å². The minimum absolute atomic E-state index is 0.00949. The lowest BCUT2D eigenvalue weighted by molar-refractivity contribution is 0.0835. The quantitative estimate of drug-likeness (QED) is 0.793. The predicted octanol–water partition coefficient (Wildman–Crippen LogP) is 2.71. The molecule has 1 aliphatic rings. The van der Waals surface area contributed by atoms with Crippen molar-refractivity contribution in [3.05, 3.63) is 22.2 Å². The number of phenolic OH excluding ortho intramolecular Hbond substituents is 1. The van der Waals surface area contributed by atoms with E-state index >= 15 is 0 Å². The molecule has 19 heavy (non-hydrogen) atoms. The molecule has 0 heterocycles. The Morgan fingerprint density at radius 1 is 1.37 bits per heavy atom. The predicted molar refractivity (Wildman–Crippen MR) is 77.3 cm³/mol. The highest BCUT2D eigenvalue weighted by Gasteiger charge is 2.30. The van der Waals surface area contributed by atoms with Crippen molar-refractivity contribution in [2.45, 2.75) is 37.8 Å². The molecule has 2 rings (SSSR count). The lowest BCUT2D eigenvalue weighted by Gasteiger charge is -2.25. The summed E-state index contributed by atoms with van der Waals surface area (Å²) in [7, 11) is 1.49. The van der Waals surface area contributed by atoms with Gasteiger partial charge >= 0.3 is 0 Å². The standard InChI is InChI=1S/C14H20BrNO3/c1-19-11-7-9(15)6-10(14(11)18)12(16)13(17)8-4-2-3-5-8/h6-8,12-13,17-18H,2-5,16H2,1H3/t12-,13+/m1/s1. The number of ether oxygens (including phenoxy) is 1. The van der Waals surface area contributed by atoms with Gasteiger partial charge in [-0.2, -0.15) is 0 Å². The third-order valence-corrected chi connectivity index (χ3v) is 4.36. The summed E-state index contributed by atoms with van der Waals surface area (Å²) in [5.41, 5.74) is 6.64. The maximum atomic E-state index is 10.4. The molecule has 0 radical (unpaired) electrons. The number of methoxy groups -OCH3 is 1. The number of rotatable bonds is 4. The van der Waals surface area contributed by atoms with Gasteiger partial charge in [-0.1, -0.05) is 28.8 Å². The summed E-state index contributed by atoms with van der Waals surface area (Å²) in [6.07, 6.45) is 3.65. The molecule has 1 aliphatic carbocycles. The molecule has 0 aromatic heterocycles. The van der Waals surface area contributed by atoms with Gasteiger partial charge in [-0.25, -0.2) is 0 Å². The van der Waals surface area contributed by atoms with Gasteiger partial charge in [0.25, 0.3) is 0 Å². The minimum atomic E-state index is -0.632. The number of phenols is 1. The minimum Gasteiger partial charge on any atom is -0.504 e. The first-order valence-corrected chi connectivity index (χ1v) is 7.34. The van der Waals surface area contributed by atoms with Gasteiger partial charge in [0.05, 0.1) is 19.3 Å². The average Bonchev–Trinajstić information content (AvgIpc) is 2.93. The van der Waals surface area contributed by atoms with E-state index in [1.807, 2.05) is 0 Å². The van der Waals surface area contributed by atoms with E-state index in [0.717, 1.165) is 30.2 Å². The smallest absolute Gasteiger partial charge is 0.162 e. The molecule has 0 saturated heterocycles. The van der Waals surface area contributed by atoms with Gasteiger partial charge in [-0.3, -0.25) is 0 Å². The number of aliphatic hydroxyl groups is 1. The third-order valence-electron chi connectivity index (χ3n) is 3.90. The molecule has 4 N–H and O–H groups in total. The zero-order chi connectivity index (χ0) is 14.0. The van der Waals surface area contributed by atoms with E-state index in [-0.39, 0.29) is 11.7 Å². The normalized spacial score (nSPS) is 19.4. The summed E-state index contributed by atoms with van der Waals surface area (Å²) in [5, 5.41) is 20.5. The van der Waals surface area contributed by atoms with Crippen molar-refractivity contribution in [3.63, 3.8) is 0 Å². The van der Waals surface area contributed by atoms with Crippen LogP contribution in [0.25, 0.3) is 0 Å². The zero-order valence-corrected chi connectivity index (χ0v) is 12.6. The Kier molecular flexibility index (Phi) is 4.71. The van der Waals surface area contributed by atoms with Gasteiger partial charge in [0, 0.05) is 10.0 Å². The van der Waals surface area contributed by atoms with Gasteiger partial charge in [0.2, 0.25) is 0 Å². The summed E-state index contributed by atoms with van der Waals surface area (Å²) >= 11 is 3.36. The van der Waals surface area contributed by atoms with Crippen molar-refractivity contribution >= 4 is 15.9 Å². The summed E-state index contributed by atoms with van der Waals surface area (Å²) in [6, 6.07) is 2.81. The van der Waals surface area contributed by atoms with Gasteiger partial charge in [0.1, 0.15) is 0 Å². The summed E-state index contributed by atoms with van der Waals surface area (Å²) in [4.78, 5) is 0. The number of hydrogen-bond acceptors (Lipinski definition) is 4. The highest BCUT2D eigenvalue weighted by atomic mass is 79.9. The molecule has 4 nitrogen and oxygen atoms in total. The molecule has 1 aromatic carbocycles. The molecule has 5 heteroatoms. The molecule has 0 bridgehead atoms. The van der Waals surface area contributed by atoms with Crippen molar-refractivity contribution in [1.82, 2.24) is 0 Å². The van der Waals surface area contributed by atoms with Crippen LogP contribution in [0.15, 0.2) is 16.6 Å². The SMILES string of the molecule is COc1cc(Br)cc([C@@H](N)[C@@H](O)C2CCCC2)c1O. The van der Waals surface area contributed by atoms with Crippen LogP contribution in [0.3, 0.4) is 0 Å². The molecular weight excluding hydrogens is 310 g/mol. The van der Waals surface area contributed by atoms with E-state index in [1.165, 1.54) is 7.11 Å². The first kappa shape index (κ1) is 14.6. The van der Waals surface area contributed by atoms with Crippen LogP contribution in [-0.4, -0.2) is 23.4 Å². The Hall–Kier alpha value is -0.780. The Balaban J connectivity index is 2.27. The van der Waals surface area contributed by atoms with E-state index in [9.17, 15) is 10.2 Å². The number of benzene rings is 1. The number of aliphatic hydroxyl groups excluding tert-OH is 1. The zero-order valence-electron chi connectivity index (χ0n) is 11.0. The second kappa shape index (κ2) is 6.11. The van der Waals surface area contributed by atoms with E-state index in [1.54, 1.807) is 12.1 Å². The maximum Gasteiger partial charge on any atom is 0.162 e. The Bertz CT molecular complexity index is 447.